The van der Waals surface area contributed by atoms with E-state index < -0.39 is 0 Å². The zero-order valence-corrected chi connectivity index (χ0v) is 12.7. The van der Waals surface area contributed by atoms with Crippen molar-refractivity contribution in [1.29, 1.82) is 0 Å². The Kier molecular flexibility index (Phi) is 4.22. The largest absolute Gasteiger partial charge is 0.370 e. The lowest BCUT2D eigenvalue weighted by atomic mass is 10.0. The van der Waals surface area contributed by atoms with Gasteiger partial charge in [0.1, 0.15) is 0 Å². The van der Waals surface area contributed by atoms with Crippen LogP contribution < -0.4 is 10.2 Å². The number of nitrogens with one attached hydrogen (secondary N) is 1. The molecular weight excluding hydrogens is 248 g/mol. The quantitative estimate of drug-likeness (QED) is 0.888. The molecule has 1 N–H and O–H groups in total. The normalized spacial score (nSPS) is 23.8. The second-order valence-electron chi connectivity index (χ2n) is 6.33. The first kappa shape index (κ1) is 13.8. The number of anilines is 1. The molecule has 3 rings (SSSR count). The van der Waals surface area contributed by atoms with Crippen molar-refractivity contribution in [1.82, 2.24) is 15.2 Å². The van der Waals surface area contributed by atoms with E-state index in [1.165, 1.54) is 43.5 Å². The third kappa shape index (κ3) is 3.30. The van der Waals surface area contributed by atoms with Gasteiger partial charge >= 0.3 is 0 Å². The van der Waals surface area contributed by atoms with E-state index in [1.54, 1.807) is 0 Å². The van der Waals surface area contributed by atoms with Gasteiger partial charge in [-0.1, -0.05) is 0 Å². The van der Waals surface area contributed by atoms with Crippen molar-refractivity contribution in [2.24, 2.45) is 0 Å². The number of likely N-dealkylation sites (tertiary alicyclic amines) is 1. The molecule has 1 aromatic heterocycles. The first-order valence-corrected chi connectivity index (χ1v) is 7.81. The summed E-state index contributed by atoms with van der Waals surface area (Å²) >= 11 is 0. The SMILES string of the molecule is CN1CCCC(N(C)c2ccncc2CNC2CC2)C1. The highest BCUT2D eigenvalue weighted by Crippen LogP contribution is 2.25. The fourth-order valence-corrected chi connectivity index (χ4v) is 3.09. The fraction of sp³-hybridized carbons (Fsp3) is 0.688. The van der Waals surface area contributed by atoms with Gasteiger partial charge in [-0.2, -0.15) is 0 Å². The molecule has 110 valence electrons. The Morgan fingerprint density at radius 2 is 2.25 bits per heavy atom. The van der Waals surface area contributed by atoms with E-state index in [0.717, 1.165) is 19.1 Å². The van der Waals surface area contributed by atoms with Crippen LogP contribution in [0.1, 0.15) is 31.2 Å². The van der Waals surface area contributed by atoms with E-state index in [-0.39, 0.29) is 0 Å². The van der Waals surface area contributed by atoms with Crippen LogP contribution in [0.25, 0.3) is 0 Å². The molecule has 2 aliphatic rings. The third-order valence-corrected chi connectivity index (χ3v) is 4.56. The highest BCUT2D eigenvalue weighted by molar-refractivity contribution is 5.52. The van der Waals surface area contributed by atoms with Crippen LogP contribution in [0, 0.1) is 0 Å². The standard InChI is InChI=1S/C16H26N4/c1-19-9-3-4-15(12-19)20(2)16-7-8-17-10-13(16)11-18-14-5-6-14/h7-8,10,14-15,18H,3-6,9,11-12H2,1-2H3. The van der Waals surface area contributed by atoms with Crippen molar-refractivity contribution in [3.63, 3.8) is 0 Å². The summed E-state index contributed by atoms with van der Waals surface area (Å²) < 4.78 is 0. The van der Waals surface area contributed by atoms with Gasteiger partial charge in [-0.25, -0.2) is 0 Å². The number of rotatable bonds is 5. The highest BCUT2D eigenvalue weighted by Gasteiger charge is 2.24. The smallest absolute Gasteiger partial charge is 0.0443 e. The Hall–Kier alpha value is -1.13. The molecule has 1 saturated carbocycles. The number of hydrogen-bond donors (Lipinski definition) is 1. The van der Waals surface area contributed by atoms with Gasteiger partial charge in [-0.05, 0) is 45.3 Å². The molecule has 0 aromatic carbocycles. The molecule has 1 aromatic rings. The van der Waals surface area contributed by atoms with Crippen LogP contribution in [0.3, 0.4) is 0 Å². The highest BCUT2D eigenvalue weighted by atomic mass is 15.2. The van der Waals surface area contributed by atoms with Crippen molar-refractivity contribution in [3.8, 4) is 0 Å². The number of likely N-dealkylation sites (N-methyl/N-ethyl adjacent to an activating group) is 2. The van der Waals surface area contributed by atoms with Gasteiger partial charge < -0.3 is 15.1 Å². The van der Waals surface area contributed by atoms with Gasteiger partial charge in [-0.15, -0.1) is 0 Å². The predicted octanol–water partition coefficient (Wildman–Crippen LogP) is 1.86. The Morgan fingerprint density at radius 1 is 1.40 bits per heavy atom. The van der Waals surface area contributed by atoms with Crippen LogP contribution >= 0.6 is 0 Å². The van der Waals surface area contributed by atoms with Gasteiger partial charge in [0.25, 0.3) is 0 Å². The van der Waals surface area contributed by atoms with Gasteiger partial charge in [0.15, 0.2) is 0 Å². The molecule has 1 aliphatic carbocycles. The number of piperidine rings is 1. The maximum absolute atomic E-state index is 4.31. The number of pyridine rings is 1. The number of hydrogen-bond acceptors (Lipinski definition) is 4. The van der Waals surface area contributed by atoms with E-state index in [4.69, 9.17) is 0 Å². The van der Waals surface area contributed by atoms with Gasteiger partial charge in [0.05, 0.1) is 0 Å². The predicted molar refractivity (Wildman–Crippen MR) is 83.0 cm³/mol. The molecule has 20 heavy (non-hydrogen) atoms. The van der Waals surface area contributed by atoms with Crippen LogP contribution in [0.2, 0.25) is 0 Å². The topological polar surface area (TPSA) is 31.4 Å². The molecule has 1 aliphatic heterocycles. The second-order valence-corrected chi connectivity index (χ2v) is 6.33. The lowest BCUT2D eigenvalue weighted by Crippen LogP contribution is -2.45. The van der Waals surface area contributed by atoms with E-state index in [0.29, 0.717) is 6.04 Å². The van der Waals surface area contributed by atoms with Crippen LogP contribution in [0.15, 0.2) is 18.5 Å². The van der Waals surface area contributed by atoms with Gasteiger partial charge in [-0.3, -0.25) is 4.98 Å². The molecule has 2 heterocycles. The maximum atomic E-state index is 4.31. The third-order valence-electron chi connectivity index (χ3n) is 4.56. The van der Waals surface area contributed by atoms with Crippen LogP contribution in [-0.4, -0.2) is 49.2 Å². The number of nitrogens with zero attached hydrogens (tertiary/aromatic N) is 3. The molecule has 0 bridgehead atoms. The Balaban J connectivity index is 1.70. The summed E-state index contributed by atoms with van der Waals surface area (Å²) in [4.78, 5) is 9.21. The van der Waals surface area contributed by atoms with Crippen molar-refractivity contribution < 1.29 is 0 Å². The minimum Gasteiger partial charge on any atom is -0.370 e. The summed E-state index contributed by atoms with van der Waals surface area (Å²) in [6.45, 7) is 3.34. The van der Waals surface area contributed by atoms with E-state index in [1.807, 2.05) is 12.4 Å². The molecular formula is C16H26N4. The number of aromatic nitrogens is 1. The Labute approximate surface area is 122 Å². The monoisotopic (exact) mass is 274 g/mol. The molecule has 2 fully saturated rings. The maximum Gasteiger partial charge on any atom is 0.0443 e. The molecule has 4 nitrogen and oxygen atoms in total. The molecule has 0 spiro atoms. The van der Waals surface area contributed by atoms with E-state index >= 15 is 0 Å². The second kappa shape index (κ2) is 6.10. The summed E-state index contributed by atoms with van der Waals surface area (Å²) in [5.74, 6) is 0. The van der Waals surface area contributed by atoms with Gasteiger partial charge in [0, 0.05) is 55.9 Å². The summed E-state index contributed by atoms with van der Waals surface area (Å²) in [5.41, 5.74) is 2.67. The van der Waals surface area contributed by atoms with Gasteiger partial charge in [0.2, 0.25) is 0 Å². The van der Waals surface area contributed by atoms with Crippen LogP contribution in [-0.2, 0) is 6.54 Å². The van der Waals surface area contributed by atoms with Crippen LogP contribution in [0.5, 0.6) is 0 Å². The van der Waals surface area contributed by atoms with Crippen LogP contribution in [0.4, 0.5) is 5.69 Å². The Morgan fingerprint density at radius 3 is 3.00 bits per heavy atom. The molecule has 1 saturated heterocycles. The summed E-state index contributed by atoms with van der Waals surface area (Å²) in [7, 11) is 4.46. The molecule has 1 unspecified atom stereocenters. The molecule has 1 atom stereocenters. The van der Waals surface area contributed by atoms with Crippen molar-refractivity contribution in [3.05, 3.63) is 24.0 Å². The summed E-state index contributed by atoms with van der Waals surface area (Å²) in [5, 5.41) is 3.60. The Bertz CT molecular complexity index is 444. The lowest BCUT2D eigenvalue weighted by molar-refractivity contribution is 0.248. The van der Waals surface area contributed by atoms with Crippen molar-refractivity contribution >= 4 is 5.69 Å². The first-order chi connectivity index (χ1) is 9.74. The first-order valence-electron chi connectivity index (χ1n) is 7.81. The van der Waals surface area contributed by atoms with Crippen molar-refractivity contribution in [2.45, 2.75) is 44.3 Å². The minimum absolute atomic E-state index is 0.621. The minimum atomic E-state index is 0.621. The average Bonchev–Trinajstić information content (AvgIpc) is 3.29. The molecule has 4 heteroatoms. The zero-order valence-electron chi connectivity index (χ0n) is 12.7. The lowest BCUT2D eigenvalue weighted by Gasteiger charge is -2.37. The average molecular weight is 274 g/mol. The summed E-state index contributed by atoms with van der Waals surface area (Å²) in [6.07, 6.45) is 9.19. The van der Waals surface area contributed by atoms with E-state index in [2.05, 4.69) is 40.3 Å². The fourth-order valence-electron chi connectivity index (χ4n) is 3.09. The van der Waals surface area contributed by atoms with Crippen molar-refractivity contribution in [2.75, 3.05) is 32.1 Å². The zero-order chi connectivity index (χ0) is 13.9. The van der Waals surface area contributed by atoms with E-state index in [9.17, 15) is 0 Å². The summed E-state index contributed by atoms with van der Waals surface area (Å²) in [6, 6.07) is 3.53. The molecule has 0 radical (unpaired) electrons. The molecule has 0 amide bonds.